The molecule has 1 unspecified atom stereocenters. The fraction of sp³-hybridized carbons (Fsp3) is 0.529. The third-order valence-electron chi connectivity index (χ3n) is 6.44. The average molecular weight is 285 g/mol. The van der Waals surface area contributed by atoms with E-state index in [0.29, 0.717) is 23.8 Å². The summed E-state index contributed by atoms with van der Waals surface area (Å²) in [6.07, 6.45) is 2.57. The van der Waals surface area contributed by atoms with Crippen LogP contribution in [0.4, 0.5) is 0 Å². The van der Waals surface area contributed by atoms with E-state index in [4.69, 9.17) is 4.74 Å². The summed E-state index contributed by atoms with van der Waals surface area (Å²) < 4.78 is 6.05. The molecule has 110 valence electrons. The number of aliphatic hydroxyl groups is 1. The van der Waals surface area contributed by atoms with Crippen LogP contribution in [0.3, 0.4) is 0 Å². The number of aliphatic hydroxyl groups excluding tert-OH is 1. The first-order chi connectivity index (χ1) is 10.1. The van der Waals surface area contributed by atoms with E-state index in [-0.39, 0.29) is 17.3 Å². The highest BCUT2D eigenvalue weighted by Crippen LogP contribution is 2.70. The smallest absolute Gasteiger partial charge is 0.165 e. The molecule has 2 aliphatic heterocycles. The quantitative estimate of drug-likeness (QED) is 0.802. The normalized spacial score (nSPS) is 43.0. The molecule has 2 heterocycles. The van der Waals surface area contributed by atoms with Crippen LogP contribution in [0.5, 0.6) is 11.5 Å². The van der Waals surface area contributed by atoms with Gasteiger partial charge in [-0.15, -0.1) is 6.58 Å². The van der Waals surface area contributed by atoms with Gasteiger partial charge in [0, 0.05) is 29.0 Å². The predicted octanol–water partition coefficient (Wildman–Crippen LogP) is 1.20. The summed E-state index contributed by atoms with van der Waals surface area (Å²) in [5, 5.41) is 20.6. The minimum absolute atomic E-state index is 0.128. The van der Waals surface area contributed by atoms with Gasteiger partial charge >= 0.3 is 0 Å². The van der Waals surface area contributed by atoms with Gasteiger partial charge in [0.05, 0.1) is 0 Å². The maximum Gasteiger partial charge on any atom is 0.165 e. The Morgan fingerprint density at radius 3 is 3.05 bits per heavy atom. The highest BCUT2D eigenvalue weighted by Gasteiger charge is 2.75. The molecular formula is C17H19NO3. The number of piperidine rings is 1. The highest BCUT2D eigenvalue weighted by atomic mass is 16.5. The van der Waals surface area contributed by atoms with Gasteiger partial charge < -0.3 is 14.9 Å². The van der Waals surface area contributed by atoms with Gasteiger partial charge in [-0.1, -0.05) is 12.1 Å². The third kappa shape index (κ3) is 1.07. The van der Waals surface area contributed by atoms with Crippen LogP contribution in [-0.2, 0) is 11.8 Å². The minimum Gasteiger partial charge on any atom is -0.504 e. The molecule has 2 fully saturated rings. The zero-order valence-electron chi connectivity index (χ0n) is 12.0. The van der Waals surface area contributed by atoms with Crippen molar-refractivity contribution in [1.29, 1.82) is 0 Å². The van der Waals surface area contributed by atoms with Crippen molar-refractivity contribution >= 4 is 0 Å². The van der Waals surface area contributed by atoms with Gasteiger partial charge in [0.15, 0.2) is 11.5 Å². The number of phenolic OH excluding ortho intramolecular Hbond substituents is 1. The van der Waals surface area contributed by atoms with Gasteiger partial charge in [0.1, 0.15) is 12.2 Å². The number of nitrogens with zero attached hydrogens (tertiary/aromatic N) is 1. The Bertz CT molecular complexity index is 672. The Hall–Kier alpha value is -1.52. The molecule has 6 atom stereocenters. The molecule has 0 amide bonds. The number of rotatable bonds is 2. The summed E-state index contributed by atoms with van der Waals surface area (Å²) in [6.45, 7) is 3.72. The SMILES string of the molecule is C=C[C@H](O)[C@@H]1Oc2c(O)ccc3c2[C@@]12CC1[C@H]2[C@@H](C3)N1C. The second kappa shape index (κ2) is 3.45. The zero-order valence-corrected chi connectivity index (χ0v) is 12.0. The lowest BCUT2D eigenvalue weighted by Crippen LogP contribution is -2.82. The minimum atomic E-state index is -0.699. The average Bonchev–Trinajstić information content (AvgIpc) is 2.82. The van der Waals surface area contributed by atoms with Gasteiger partial charge in [-0.05, 0) is 31.5 Å². The summed E-state index contributed by atoms with van der Waals surface area (Å²) in [5.74, 6) is 1.34. The number of hydrogen-bond donors (Lipinski definition) is 2. The Labute approximate surface area is 123 Å². The lowest BCUT2D eigenvalue weighted by Gasteiger charge is -2.72. The van der Waals surface area contributed by atoms with Crippen molar-refractivity contribution in [3.63, 3.8) is 0 Å². The van der Waals surface area contributed by atoms with Crippen LogP contribution in [0.2, 0.25) is 0 Å². The van der Waals surface area contributed by atoms with E-state index in [2.05, 4.69) is 18.5 Å². The molecule has 1 aromatic rings. The van der Waals surface area contributed by atoms with Crippen molar-refractivity contribution in [3.8, 4) is 11.5 Å². The van der Waals surface area contributed by atoms with Crippen molar-refractivity contribution in [2.45, 2.75) is 42.5 Å². The van der Waals surface area contributed by atoms with Crippen LogP contribution in [0.25, 0.3) is 0 Å². The first-order valence-electron chi connectivity index (χ1n) is 7.64. The molecule has 1 spiro atoms. The fourth-order valence-electron chi connectivity index (χ4n) is 5.54. The molecule has 0 aromatic heterocycles. The number of likely N-dealkylation sites (N-methyl/N-ethyl adjacent to an activating group) is 1. The summed E-state index contributed by atoms with van der Waals surface area (Å²) in [6, 6.07) is 4.88. The van der Waals surface area contributed by atoms with Crippen LogP contribution in [0.1, 0.15) is 17.5 Å². The number of likely N-dealkylation sites (tertiary alicyclic amines) is 1. The van der Waals surface area contributed by atoms with Gasteiger partial charge in [0.2, 0.25) is 0 Å². The number of ether oxygens (including phenoxy) is 1. The molecule has 0 bridgehead atoms. The van der Waals surface area contributed by atoms with E-state index >= 15 is 0 Å². The molecule has 0 radical (unpaired) electrons. The van der Waals surface area contributed by atoms with Crippen LogP contribution >= 0.6 is 0 Å². The maximum atomic E-state index is 10.4. The molecular weight excluding hydrogens is 266 g/mol. The molecule has 2 aliphatic carbocycles. The molecule has 4 aliphatic rings. The van der Waals surface area contributed by atoms with E-state index in [9.17, 15) is 10.2 Å². The Balaban J connectivity index is 1.75. The van der Waals surface area contributed by atoms with Crippen molar-refractivity contribution < 1.29 is 14.9 Å². The summed E-state index contributed by atoms with van der Waals surface area (Å²) in [4.78, 5) is 2.46. The number of benzene rings is 1. The summed E-state index contributed by atoms with van der Waals surface area (Å²) in [5.41, 5.74) is 2.31. The Morgan fingerprint density at radius 2 is 2.29 bits per heavy atom. The highest BCUT2D eigenvalue weighted by molar-refractivity contribution is 5.63. The van der Waals surface area contributed by atoms with E-state index < -0.39 is 6.10 Å². The zero-order chi connectivity index (χ0) is 14.5. The summed E-state index contributed by atoms with van der Waals surface area (Å²) in [7, 11) is 2.19. The van der Waals surface area contributed by atoms with Gasteiger partial charge in [0.25, 0.3) is 0 Å². The molecule has 4 heteroatoms. The fourth-order valence-corrected chi connectivity index (χ4v) is 5.54. The molecule has 1 aromatic carbocycles. The lowest BCUT2D eigenvalue weighted by atomic mass is 9.41. The Morgan fingerprint density at radius 1 is 1.48 bits per heavy atom. The maximum absolute atomic E-state index is 10.4. The first kappa shape index (κ1) is 12.1. The Kier molecular flexibility index (Phi) is 1.98. The largest absolute Gasteiger partial charge is 0.504 e. The van der Waals surface area contributed by atoms with Crippen LogP contribution in [0.15, 0.2) is 24.8 Å². The van der Waals surface area contributed by atoms with E-state index in [1.54, 1.807) is 12.1 Å². The van der Waals surface area contributed by atoms with Crippen LogP contribution < -0.4 is 4.74 Å². The van der Waals surface area contributed by atoms with Crippen LogP contribution in [0, 0.1) is 5.92 Å². The van der Waals surface area contributed by atoms with Crippen LogP contribution in [-0.4, -0.2) is 46.5 Å². The number of aromatic hydroxyl groups is 1. The van der Waals surface area contributed by atoms with E-state index in [1.165, 1.54) is 11.1 Å². The van der Waals surface area contributed by atoms with Gasteiger partial charge in [-0.2, -0.15) is 0 Å². The van der Waals surface area contributed by atoms with Gasteiger partial charge in [-0.3, -0.25) is 4.90 Å². The lowest BCUT2D eigenvalue weighted by molar-refractivity contribution is -0.202. The summed E-state index contributed by atoms with van der Waals surface area (Å²) >= 11 is 0. The topological polar surface area (TPSA) is 52.9 Å². The molecule has 4 nitrogen and oxygen atoms in total. The monoisotopic (exact) mass is 285 g/mol. The number of hydrogen-bond acceptors (Lipinski definition) is 4. The molecule has 1 saturated heterocycles. The molecule has 5 rings (SSSR count). The van der Waals surface area contributed by atoms with E-state index in [0.717, 1.165) is 12.8 Å². The van der Waals surface area contributed by atoms with Crippen molar-refractivity contribution in [3.05, 3.63) is 35.9 Å². The van der Waals surface area contributed by atoms with E-state index in [1.807, 2.05) is 6.07 Å². The molecule has 21 heavy (non-hydrogen) atoms. The molecule has 1 saturated carbocycles. The standard InChI is InChI=1S/C17H19NO3/c1-3-11(19)16-17-7-10-14(17)9(18(10)2)6-8-4-5-12(20)15(21-16)13(8)17/h3-5,9-11,14,16,19-20H,1,6-7H2,2H3/t9-,10?,11+,14-,16+,17-/m1/s1. The first-order valence-corrected chi connectivity index (χ1v) is 7.64. The predicted molar refractivity (Wildman–Crippen MR) is 77.6 cm³/mol. The van der Waals surface area contributed by atoms with Crippen molar-refractivity contribution in [1.82, 2.24) is 4.90 Å². The second-order valence-corrected chi connectivity index (χ2v) is 6.99. The van der Waals surface area contributed by atoms with Gasteiger partial charge in [-0.25, -0.2) is 0 Å². The second-order valence-electron chi connectivity index (χ2n) is 6.99. The molecule has 2 N–H and O–H groups in total. The van der Waals surface area contributed by atoms with Crippen molar-refractivity contribution in [2.24, 2.45) is 5.92 Å². The van der Waals surface area contributed by atoms with Crippen molar-refractivity contribution in [2.75, 3.05) is 7.05 Å². The number of phenols is 1. The third-order valence-corrected chi connectivity index (χ3v) is 6.44.